The molecule has 164 valence electrons. The first kappa shape index (κ1) is 23.9. The standard InChI is InChI=1S/C22H23ClN2O6/c1-14-17(23)5-3-6-18(14)25-20(27)13-31-21(28)8-4-7-19(26)24-16-11-9-15(10-12-16)22(29)30-2/h3,5-6,9-12H,4,7-8,13H2,1-2H3,(H,24,26)(H,25,27). The molecule has 0 radical (unpaired) electrons. The van der Waals surface area contributed by atoms with Gasteiger partial charge in [-0.15, -0.1) is 0 Å². The summed E-state index contributed by atoms with van der Waals surface area (Å²) in [5.41, 5.74) is 2.16. The van der Waals surface area contributed by atoms with Crippen molar-refractivity contribution >= 4 is 46.7 Å². The van der Waals surface area contributed by atoms with Gasteiger partial charge in [0.05, 0.1) is 12.7 Å². The van der Waals surface area contributed by atoms with Crippen LogP contribution in [-0.4, -0.2) is 37.5 Å². The van der Waals surface area contributed by atoms with Gasteiger partial charge in [-0.3, -0.25) is 14.4 Å². The summed E-state index contributed by atoms with van der Waals surface area (Å²) in [6.07, 6.45) is 0.361. The van der Waals surface area contributed by atoms with Crippen LogP contribution in [0, 0.1) is 6.92 Å². The Labute approximate surface area is 184 Å². The Balaban J connectivity index is 1.67. The van der Waals surface area contributed by atoms with E-state index in [1.54, 1.807) is 37.3 Å². The van der Waals surface area contributed by atoms with Crippen LogP contribution in [0.3, 0.4) is 0 Å². The van der Waals surface area contributed by atoms with Gasteiger partial charge in [-0.25, -0.2) is 4.79 Å². The van der Waals surface area contributed by atoms with Gasteiger partial charge >= 0.3 is 11.9 Å². The smallest absolute Gasteiger partial charge is 0.337 e. The molecule has 0 saturated carbocycles. The number of ether oxygens (including phenoxy) is 2. The van der Waals surface area contributed by atoms with Gasteiger partial charge in [-0.2, -0.15) is 0 Å². The van der Waals surface area contributed by atoms with Crippen molar-refractivity contribution in [3.05, 3.63) is 58.6 Å². The molecule has 0 fully saturated rings. The summed E-state index contributed by atoms with van der Waals surface area (Å²) < 4.78 is 9.54. The molecule has 2 rings (SSSR count). The van der Waals surface area contributed by atoms with E-state index in [4.69, 9.17) is 16.3 Å². The van der Waals surface area contributed by atoms with Crippen molar-refractivity contribution < 1.29 is 28.7 Å². The van der Waals surface area contributed by atoms with E-state index in [-0.39, 0.29) is 25.2 Å². The molecule has 9 heteroatoms. The van der Waals surface area contributed by atoms with Crippen molar-refractivity contribution in [1.82, 2.24) is 0 Å². The molecule has 0 aliphatic heterocycles. The summed E-state index contributed by atoms with van der Waals surface area (Å²) in [7, 11) is 1.29. The van der Waals surface area contributed by atoms with Gasteiger partial charge in [0.15, 0.2) is 6.61 Å². The second-order valence-electron chi connectivity index (χ2n) is 6.59. The maximum Gasteiger partial charge on any atom is 0.337 e. The lowest BCUT2D eigenvalue weighted by Gasteiger charge is -2.10. The van der Waals surface area contributed by atoms with Crippen LogP contribution >= 0.6 is 11.6 Å². The lowest BCUT2D eigenvalue weighted by atomic mass is 10.2. The molecule has 0 heterocycles. The number of benzene rings is 2. The summed E-state index contributed by atoms with van der Waals surface area (Å²) in [5, 5.41) is 5.82. The number of rotatable bonds is 9. The van der Waals surface area contributed by atoms with Crippen molar-refractivity contribution in [2.75, 3.05) is 24.4 Å². The molecule has 2 aromatic carbocycles. The molecule has 8 nitrogen and oxygen atoms in total. The fraction of sp³-hybridized carbons (Fsp3) is 0.273. The summed E-state index contributed by atoms with van der Waals surface area (Å²) in [4.78, 5) is 47.1. The fourth-order valence-corrected chi connectivity index (χ4v) is 2.75. The van der Waals surface area contributed by atoms with Crippen molar-refractivity contribution in [1.29, 1.82) is 0 Å². The first-order valence-electron chi connectivity index (χ1n) is 9.49. The summed E-state index contributed by atoms with van der Waals surface area (Å²) >= 11 is 6.00. The number of hydrogen-bond donors (Lipinski definition) is 2. The molecule has 0 spiro atoms. The number of carbonyl (C=O) groups excluding carboxylic acids is 4. The molecule has 0 saturated heterocycles. The van der Waals surface area contributed by atoms with Gasteiger partial charge < -0.3 is 20.1 Å². The first-order chi connectivity index (χ1) is 14.8. The van der Waals surface area contributed by atoms with E-state index in [0.29, 0.717) is 22.0 Å². The van der Waals surface area contributed by atoms with E-state index in [1.807, 2.05) is 0 Å². The first-order valence-corrected chi connectivity index (χ1v) is 9.86. The van der Waals surface area contributed by atoms with E-state index >= 15 is 0 Å². The second-order valence-corrected chi connectivity index (χ2v) is 7.00. The molecule has 0 aliphatic rings. The lowest BCUT2D eigenvalue weighted by Crippen LogP contribution is -2.21. The SMILES string of the molecule is COC(=O)c1ccc(NC(=O)CCCC(=O)OCC(=O)Nc2cccc(Cl)c2C)cc1. The molecular formula is C22H23ClN2O6. The molecule has 0 aliphatic carbocycles. The predicted molar refractivity (Wildman–Crippen MR) is 116 cm³/mol. The predicted octanol–water partition coefficient (Wildman–Crippen LogP) is 3.73. The molecule has 0 unspecified atom stereocenters. The Bertz CT molecular complexity index is 959. The molecule has 2 amide bonds. The molecule has 0 aromatic heterocycles. The van der Waals surface area contributed by atoms with E-state index in [2.05, 4.69) is 15.4 Å². The minimum absolute atomic E-state index is 0.00181. The minimum Gasteiger partial charge on any atom is -0.465 e. The summed E-state index contributed by atoms with van der Waals surface area (Å²) in [6.45, 7) is 1.34. The third kappa shape index (κ3) is 7.75. The normalized spacial score (nSPS) is 10.2. The lowest BCUT2D eigenvalue weighted by molar-refractivity contribution is -0.147. The average Bonchev–Trinajstić information content (AvgIpc) is 2.75. The highest BCUT2D eigenvalue weighted by Crippen LogP contribution is 2.22. The van der Waals surface area contributed by atoms with Crippen molar-refractivity contribution in [3.63, 3.8) is 0 Å². The molecule has 2 aromatic rings. The molecule has 2 N–H and O–H groups in total. The largest absolute Gasteiger partial charge is 0.465 e. The Morgan fingerprint density at radius 1 is 0.935 bits per heavy atom. The Morgan fingerprint density at radius 2 is 1.65 bits per heavy atom. The van der Waals surface area contributed by atoms with Crippen molar-refractivity contribution in [2.45, 2.75) is 26.2 Å². The van der Waals surface area contributed by atoms with E-state index in [0.717, 1.165) is 5.56 Å². The fourth-order valence-electron chi connectivity index (χ4n) is 2.57. The molecule has 0 atom stereocenters. The minimum atomic E-state index is -0.576. The van der Waals surface area contributed by atoms with E-state index in [9.17, 15) is 19.2 Å². The van der Waals surface area contributed by atoms with Crippen LogP contribution in [0.4, 0.5) is 11.4 Å². The van der Waals surface area contributed by atoms with Crippen LogP contribution in [0.25, 0.3) is 0 Å². The van der Waals surface area contributed by atoms with Crippen LogP contribution in [0.1, 0.15) is 35.2 Å². The Kier molecular flexibility index (Phi) is 9.02. The van der Waals surface area contributed by atoms with Crippen LogP contribution in [0.5, 0.6) is 0 Å². The van der Waals surface area contributed by atoms with Crippen LogP contribution in [0.2, 0.25) is 5.02 Å². The number of halogens is 1. The van der Waals surface area contributed by atoms with E-state index in [1.165, 1.54) is 19.2 Å². The van der Waals surface area contributed by atoms with Gasteiger partial charge in [-0.1, -0.05) is 17.7 Å². The van der Waals surface area contributed by atoms with Crippen molar-refractivity contribution in [3.8, 4) is 0 Å². The second kappa shape index (κ2) is 11.7. The van der Waals surface area contributed by atoms with Gasteiger partial charge in [0.1, 0.15) is 0 Å². The third-order valence-corrected chi connectivity index (χ3v) is 4.69. The Hall–Kier alpha value is -3.39. The zero-order chi connectivity index (χ0) is 22.8. The third-order valence-electron chi connectivity index (χ3n) is 4.28. The van der Waals surface area contributed by atoms with Crippen LogP contribution in [0.15, 0.2) is 42.5 Å². The highest BCUT2D eigenvalue weighted by Gasteiger charge is 2.11. The zero-order valence-corrected chi connectivity index (χ0v) is 18.0. The monoisotopic (exact) mass is 446 g/mol. The van der Waals surface area contributed by atoms with Gasteiger partial charge in [0.2, 0.25) is 5.91 Å². The maximum absolute atomic E-state index is 12.0. The van der Waals surface area contributed by atoms with Crippen LogP contribution < -0.4 is 10.6 Å². The van der Waals surface area contributed by atoms with Crippen molar-refractivity contribution in [2.24, 2.45) is 0 Å². The Morgan fingerprint density at radius 3 is 2.32 bits per heavy atom. The highest BCUT2D eigenvalue weighted by molar-refractivity contribution is 6.31. The van der Waals surface area contributed by atoms with Gasteiger partial charge in [0.25, 0.3) is 5.91 Å². The number of carbonyl (C=O) groups is 4. The molecular weight excluding hydrogens is 424 g/mol. The number of hydrogen-bond acceptors (Lipinski definition) is 6. The molecule has 31 heavy (non-hydrogen) atoms. The number of methoxy groups -OCH3 is 1. The van der Waals surface area contributed by atoms with Crippen LogP contribution in [-0.2, 0) is 23.9 Å². The number of anilines is 2. The maximum atomic E-state index is 12.0. The topological polar surface area (TPSA) is 111 Å². The highest BCUT2D eigenvalue weighted by atomic mass is 35.5. The molecule has 0 bridgehead atoms. The summed E-state index contributed by atoms with van der Waals surface area (Å²) in [6, 6.07) is 11.3. The zero-order valence-electron chi connectivity index (χ0n) is 17.2. The summed E-state index contributed by atoms with van der Waals surface area (Å²) in [5.74, 6) is -1.80. The number of amides is 2. The van der Waals surface area contributed by atoms with Gasteiger partial charge in [-0.05, 0) is 55.3 Å². The van der Waals surface area contributed by atoms with Gasteiger partial charge in [0, 0.05) is 29.2 Å². The van der Waals surface area contributed by atoms with E-state index < -0.39 is 24.5 Å². The number of esters is 2. The number of nitrogens with one attached hydrogen (secondary N) is 2. The average molecular weight is 447 g/mol. The quantitative estimate of drug-likeness (QED) is 0.568.